The third-order valence-corrected chi connectivity index (χ3v) is 9.46. The third kappa shape index (κ3) is 4.06. The highest BCUT2D eigenvalue weighted by molar-refractivity contribution is 7.73. The second-order valence-corrected chi connectivity index (χ2v) is 10.9. The number of hydrogen-bond acceptors (Lipinski definition) is 2. The molecule has 29 heavy (non-hydrogen) atoms. The zero-order chi connectivity index (χ0) is 19.5. The third-order valence-electron chi connectivity index (χ3n) is 5.63. The van der Waals surface area contributed by atoms with Crippen LogP contribution in [0.15, 0.2) is 91.0 Å². The van der Waals surface area contributed by atoms with Crippen molar-refractivity contribution >= 4 is 29.9 Å². The molecule has 0 spiro atoms. The summed E-state index contributed by atoms with van der Waals surface area (Å²) < 4.78 is 0. The number of aromatic nitrogens is 1. The van der Waals surface area contributed by atoms with Crippen molar-refractivity contribution in [3.8, 4) is 10.6 Å². The second-order valence-electron chi connectivity index (χ2n) is 7.56. The molecule has 0 aliphatic heterocycles. The minimum absolute atomic E-state index is 0.379. The van der Waals surface area contributed by atoms with Crippen LogP contribution in [0.4, 0.5) is 0 Å². The van der Waals surface area contributed by atoms with Gasteiger partial charge in [0.2, 0.25) is 0 Å². The van der Waals surface area contributed by atoms with Crippen LogP contribution in [0.3, 0.4) is 0 Å². The summed E-state index contributed by atoms with van der Waals surface area (Å²) in [4.78, 5) is 6.68. The molecule has 0 fully saturated rings. The fraction of sp³-hybridized carbons (Fsp3) is 0.192. The minimum Gasteiger partial charge on any atom is -0.241 e. The molecule has 0 N–H and O–H groups in total. The van der Waals surface area contributed by atoms with Crippen LogP contribution in [0.5, 0.6) is 0 Å². The quantitative estimate of drug-likeness (QED) is 0.347. The molecule has 1 aliphatic rings. The van der Waals surface area contributed by atoms with E-state index in [1.165, 1.54) is 57.2 Å². The van der Waals surface area contributed by atoms with E-state index >= 15 is 0 Å². The Bertz CT molecular complexity index is 1020. The molecule has 0 bridgehead atoms. The zero-order valence-electron chi connectivity index (χ0n) is 16.4. The van der Waals surface area contributed by atoms with E-state index in [4.69, 9.17) is 4.98 Å². The van der Waals surface area contributed by atoms with Gasteiger partial charge in [0, 0.05) is 16.4 Å². The first kappa shape index (κ1) is 18.7. The molecule has 0 saturated heterocycles. The topological polar surface area (TPSA) is 12.9 Å². The number of rotatable bonds is 5. The Hall–Kier alpha value is -2.28. The van der Waals surface area contributed by atoms with Crippen molar-refractivity contribution in [3.63, 3.8) is 0 Å². The molecule has 4 aromatic rings. The minimum atomic E-state index is -0.379. The fourth-order valence-electron chi connectivity index (χ4n) is 4.19. The van der Waals surface area contributed by atoms with Gasteiger partial charge in [-0.2, -0.15) is 0 Å². The highest BCUT2D eigenvalue weighted by atomic mass is 32.1. The van der Waals surface area contributed by atoms with E-state index in [1.54, 1.807) is 0 Å². The van der Waals surface area contributed by atoms with E-state index in [-0.39, 0.29) is 7.92 Å². The summed E-state index contributed by atoms with van der Waals surface area (Å²) >= 11 is 1.91. The summed E-state index contributed by atoms with van der Waals surface area (Å²) in [5.74, 6) is 0.555. The van der Waals surface area contributed by atoms with Crippen molar-refractivity contribution < 1.29 is 0 Å². The molecule has 1 aliphatic carbocycles. The van der Waals surface area contributed by atoms with Crippen molar-refractivity contribution in [1.82, 2.24) is 4.98 Å². The molecule has 1 nitrogen and oxygen atoms in total. The number of nitrogens with zero attached hydrogens (tertiary/aromatic N) is 1. The SMILES string of the molecule is c1ccc(-c2nc3c(s2)CCC[C@H]3CP(c2ccccc2)c2ccccc2)cc1. The lowest BCUT2D eigenvalue weighted by molar-refractivity contribution is 0.589. The summed E-state index contributed by atoms with van der Waals surface area (Å²) in [5.41, 5.74) is 2.62. The molecular weight excluding hydrogens is 389 g/mol. The first-order valence-corrected chi connectivity index (χ1v) is 12.7. The van der Waals surface area contributed by atoms with Crippen molar-refractivity contribution in [2.45, 2.75) is 25.2 Å². The first-order chi connectivity index (χ1) is 14.4. The Morgan fingerprint density at radius 3 is 2.00 bits per heavy atom. The van der Waals surface area contributed by atoms with Gasteiger partial charge in [-0.1, -0.05) is 91.0 Å². The molecule has 3 aromatic carbocycles. The fourth-order valence-corrected chi connectivity index (χ4v) is 7.96. The molecule has 144 valence electrons. The van der Waals surface area contributed by atoms with E-state index in [2.05, 4.69) is 91.0 Å². The predicted octanol–water partition coefficient (Wildman–Crippen LogP) is 6.36. The Kier molecular flexibility index (Phi) is 5.56. The number of aryl methyl sites for hydroxylation is 1. The van der Waals surface area contributed by atoms with Gasteiger partial charge >= 0.3 is 0 Å². The van der Waals surface area contributed by atoms with Crippen LogP contribution in [-0.4, -0.2) is 11.1 Å². The summed E-state index contributed by atoms with van der Waals surface area (Å²) in [6.07, 6.45) is 4.91. The second kappa shape index (κ2) is 8.61. The zero-order valence-corrected chi connectivity index (χ0v) is 18.1. The molecule has 0 unspecified atom stereocenters. The van der Waals surface area contributed by atoms with Gasteiger partial charge in [0.1, 0.15) is 5.01 Å². The van der Waals surface area contributed by atoms with Crippen LogP contribution in [0.25, 0.3) is 10.6 Å². The average Bonchev–Trinajstić information content (AvgIpc) is 3.24. The lowest BCUT2D eigenvalue weighted by atomic mass is 9.92. The predicted molar refractivity (Wildman–Crippen MR) is 127 cm³/mol. The summed E-state index contributed by atoms with van der Waals surface area (Å²) in [6.45, 7) is 0. The van der Waals surface area contributed by atoms with E-state index in [0.29, 0.717) is 5.92 Å². The monoisotopic (exact) mass is 413 g/mol. The molecule has 0 radical (unpaired) electrons. The molecule has 1 heterocycles. The molecule has 5 rings (SSSR count). The standard InChI is InChI=1S/C26H24NPS/c1-4-11-20(12-5-1)26-27-25-21(13-10-18-24(25)29-26)19-28(22-14-6-2-7-15-22)23-16-8-3-9-17-23/h1-9,11-12,14-17,21H,10,13,18-19H2/t21-/m0/s1. The first-order valence-electron chi connectivity index (χ1n) is 10.3. The lowest BCUT2D eigenvalue weighted by Gasteiger charge is -2.27. The number of fused-ring (bicyclic) bond motifs is 1. The van der Waals surface area contributed by atoms with Gasteiger partial charge in [0.15, 0.2) is 0 Å². The Balaban J connectivity index is 1.49. The summed E-state index contributed by atoms with van der Waals surface area (Å²) in [7, 11) is -0.379. The van der Waals surface area contributed by atoms with Crippen molar-refractivity contribution in [1.29, 1.82) is 0 Å². The maximum Gasteiger partial charge on any atom is 0.123 e. The van der Waals surface area contributed by atoms with Gasteiger partial charge in [-0.3, -0.25) is 0 Å². The van der Waals surface area contributed by atoms with Crippen LogP contribution < -0.4 is 10.6 Å². The van der Waals surface area contributed by atoms with Gasteiger partial charge in [0.25, 0.3) is 0 Å². The average molecular weight is 414 g/mol. The maximum atomic E-state index is 5.17. The summed E-state index contributed by atoms with van der Waals surface area (Å²) in [6, 6.07) is 32.8. The normalized spacial score (nSPS) is 16.0. The molecule has 0 saturated carbocycles. The van der Waals surface area contributed by atoms with Gasteiger partial charge in [-0.25, -0.2) is 4.98 Å². The largest absolute Gasteiger partial charge is 0.241 e. The van der Waals surface area contributed by atoms with E-state index in [1.807, 2.05) is 11.3 Å². The van der Waals surface area contributed by atoms with Gasteiger partial charge in [-0.15, -0.1) is 11.3 Å². The number of thiazole rings is 1. The molecular formula is C26H24NPS. The van der Waals surface area contributed by atoms with Gasteiger partial charge in [0.05, 0.1) is 5.69 Å². The lowest BCUT2D eigenvalue weighted by Crippen LogP contribution is -2.20. The highest BCUT2D eigenvalue weighted by Gasteiger charge is 2.28. The maximum absolute atomic E-state index is 5.17. The highest BCUT2D eigenvalue weighted by Crippen LogP contribution is 2.45. The van der Waals surface area contributed by atoms with Crippen molar-refractivity contribution in [3.05, 3.63) is 102 Å². The van der Waals surface area contributed by atoms with Crippen molar-refractivity contribution in [2.24, 2.45) is 0 Å². The summed E-state index contributed by atoms with van der Waals surface area (Å²) in [5, 5.41) is 4.13. The van der Waals surface area contributed by atoms with E-state index < -0.39 is 0 Å². The van der Waals surface area contributed by atoms with Crippen LogP contribution in [0, 0.1) is 0 Å². The van der Waals surface area contributed by atoms with Crippen LogP contribution in [0.2, 0.25) is 0 Å². The van der Waals surface area contributed by atoms with Crippen molar-refractivity contribution in [2.75, 3.05) is 6.16 Å². The smallest absolute Gasteiger partial charge is 0.123 e. The molecule has 1 atom stereocenters. The van der Waals surface area contributed by atoms with Crippen LogP contribution in [0.1, 0.15) is 29.3 Å². The Morgan fingerprint density at radius 1 is 0.793 bits per heavy atom. The number of benzene rings is 3. The molecule has 3 heteroatoms. The van der Waals surface area contributed by atoms with Crippen LogP contribution >= 0.6 is 19.3 Å². The van der Waals surface area contributed by atoms with Crippen LogP contribution in [-0.2, 0) is 6.42 Å². The molecule has 1 aromatic heterocycles. The van der Waals surface area contributed by atoms with E-state index in [0.717, 1.165) is 0 Å². The van der Waals surface area contributed by atoms with Gasteiger partial charge in [-0.05, 0) is 44.0 Å². The molecule has 0 amide bonds. The van der Waals surface area contributed by atoms with E-state index in [9.17, 15) is 0 Å². The Labute approximate surface area is 178 Å². The number of hydrogen-bond donors (Lipinski definition) is 0. The van der Waals surface area contributed by atoms with Gasteiger partial charge < -0.3 is 0 Å². The Morgan fingerprint density at radius 2 is 1.38 bits per heavy atom.